The van der Waals surface area contributed by atoms with E-state index in [9.17, 15) is 0 Å². The van der Waals surface area contributed by atoms with Crippen LogP contribution in [0.1, 0.15) is 55.4 Å². The monoisotopic (exact) mass is 298 g/mol. The smallest absolute Gasteiger partial charge is 0.161 e. The van der Waals surface area contributed by atoms with Crippen molar-refractivity contribution in [2.24, 2.45) is 29.6 Å². The number of ether oxygens (including phenoxy) is 3. The van der Waals surface area contributed by atoms with E-state index in [2.05, 4.69) is 55.4 Å². The van der Waals surface area contributed by atoms with Crippen LogP contribution in [0.5, 0.6) is 0 Å². The molecule has 124 valence electrons. The molecular formula is C18H34O3. The fourth-order valence-electron chi connectivity index (χ4n) is 3.85. The fraction of sp³-hybridized carbons (Fsp3) is 1.00. The minimum Gasteiger partial charge on any atom is -0.373 e. The average molecular weight is 298 g/mol. The second-order valence-electron chi connectivity index (χ2n) is 7.65. The first-order valence-electron chi connectivity index (χ1n) is 8.70. The largest absolute Gasteiger partial charge is 0.373 e. The van der Waals surface area contributed by atoms with Gasteiger partial charge in [0.25, 0.3) is 0 Å². The lowest BCUT2D eigenvalue weighted by atomic mass is 9.79. The van der Waals surface area contributed by atoms with Crippen molar-refractivity contribution >= 4 is 0 Å². The summed E-state index contributed by atoms with van der Waals surface area (Å²) in [5, 5.41) is 0. The first-order chi connectivity index (χ1) is 9.73. The highest BCUT2D eigenvalue weighted by molar-refractivity contribution is 4.88. The standard InChI is InChI=1S/C18H34O3/c1-9-10(2)15(7)20-18(13(9)5)21-17-12(4)11(3)14(6)19-16(17)8/h9-18H,1-8H3/t9-,10+,11?,12+,13?,14+,15?,16?,17+,18+/m1/s1. The minimum absolute atomic E-state index is 0.106. The van der Waals surface area contributed by atoms with E-state index in [-0.39, 0.29) is 24.6 Å². The lowest BCUT2D eigenvalue weighted by Crippen LogP contribution is -2.53. The Labute approximate surface area is 130 Å². The molecule has 0 aliphatic carbocycles. The summed E-state index contributed by atoms with van der Waals surface area (Å²) in [5.74, 6) is 2.62. The molecular weight excluding hydrogens is 264 g/mol. The first kappa shape index (κ1) is 17.2. The predicted molar refractivity (Wildman–Crippen MR) is 85.0 cm³/mol. The number of rotatable bonds is 2. The zero-order valence-corrected chi connectivity index (χ0v) is 15.0. The Kier molecular flexibility index (Phi) is 5.38. The average Bonchev–Trinajstić information content (AvgIpc) is 2.44. The van der Waals surface area contributed by atoms with Gasteiger partial charge in [0.1, 0.15) is 0 Å². The van der Waals surface area contributed by atoms with E-state index in [1.165, 1.54) is 0 Å². The van der Waals surface area contributed by atoms with Gasteiger partial charge in [0, 0.05) is 5.92 Å². The number of hydrogen-bond donors (Lipinski definition) is 0. The van der Waals surface area contributed by atoms with Crippen molar-refractivity contribution in [2.75, 3.05) is 0 Å². The van der Waals surface area contributed by atoms with Crippen molar-refractivity contribution in [3.63, 3.8) is 0 Å². The normalized spacial score (nSPS) is 55.4. The molecule has 10 atom stereocenters. The molecule has 2 aliphatic heterocycles. The highest BCUT2D eigenvalue weighted by atomic mass is 16.7. The van der Waals surface area contributed by atoms with Crippen LogP contribution in [-0.4, -0.2) is 30.7 Å². The molecule has 0 aromatic rings. The Hall–Kier alpha value is -0.120. The topological polar surface area (TPSA) is 27.7 Å². The molecule has 2 heterocycles. The first-order valence-corrected chi connectivity index (χ1v) is 8.70. The van der Waals surface area contributed by atoms with Crippen molar-refractivity contribution in [1.82, 2.24) is 0 Å². The number of hydrogen-bond acceptors (Lipinski definition) is 3. The third-order valence-corrected chi connectivity index (χ3v) is 6.45. The van der Waals surface area contributed by atoms with E-state index < -0.39 is 0 Å². The molecule has 2 rings (SSSR count). The van der Waals surface area contributed by atoms with Gasteiger partial charge in [0.05, 0.1) is 24.4 Å². The summed E-state index contributed by atoms with van der Waals surface area (Å²) in [6.07, 6.45) is 0.707. The van der Waals surface area contributed by atoms with Crippen LogP contribution < -0.4 is 0 Å². The van der Waals surface area contributed by atoms with Gasteiger partial charge >= 0.3 is 0 Å². The van der Waals surface area contributed by atoms with Gasteiger partial charge < -0.3 is 14.2 Å². The molecule has 0 spiro atoms. The van der Waals surface area contributed by atoms with Crippen LogP contribution in [0.2, 0.25) is 0 Å². The van der Waals surface area contributed by atoms with Crippen molar-refractivity contribution in [1.29, 1.82) is 0 Å². The molecule has 2 fully saturated rings. The molecule has 2 saturated heterocycles. The summed E-state index contributed by atoms with van der Waals surface area (Å²) in [6.45, 7) is 17.9. The van der Waals surface area contributed by atoms with Crippen molar-refractivity contribution < 1.29 is 14.2 Å². The van der Waals surface area contributed by atoms with Gasteiger partial charge in [0.2, 0.25) is 0 Å². The second-order valence-corrected chi connectivity index (χ2v) is 7.65. The van der Waals surface area contributed by atoms with Gasteiger partial charge in [-0.2, -0.15) is 0 Å². The maximum atomic E-state index is 6.43. The molecule has 21 heavy (non-hydrogen) atoms. The molecule has 3 nitrogen and oxygen atoms in total. The van der Waals surface area contributed by atoms with Crippen molar-refractivity contribution in [2.45, 2.75) is 86.1 Å². The van der Waals surface area contributed by atoms with E-state index in [1.807, 2.05) is 0 Å². The zero-order valence-electron chi connectivity index (χ0n) is 15.0. The van der Waals surface area contributed by atoms with E-state index >= 15 is 0 Å². The van der Waals surface area contributed by atoms with Gasteiger partial charge in [0.15, 0.2) is 6.29 Å². The lowest BCUT2D eigenvalue weighted by Gasteiger charge is -2.47. The summed E-state index contributed by atoms with van der Waals surface area (Å²) in [5.41, 5.74) is 0. The zero-order chi connectivity index (χ0) is 15.9. The molecule has 2 aliphatic rings. The quantitative estimate of drug-likeness (QED) is 0.768. The third kappa shape index (κ3) is 3.30. The molecule has 0 saturated carbocycles. The van der Waals surface area contributed by atoms with Crippen LogP contribution in [0, 0.1) is 29.6 Å². The van der Waals surface area contributed by atoms with Crippen LogP contribution in [0.3, 0.4) is 0 Å². The SMILES string of the molecule is CC1O[C@@H](O[C@@H]2C(C)O[C@@H](C)C(C)[C@@H]2C)C(C)[C@H](C)[C@@H]1C. The molecule has 0 aromatic carbocycles. The van der Waals surface area contributed by atoms with E-state index in [0.29, 0.717) is 35.7 Å². The van der Waals surface area contributed by atoms with Crippen molar-refractivity contribution in [3.05, 3.63) is 0 Å². The molecule has 0 radical (unpaired) electrons. The van der Waals surface area contributed by atoms with Gasteiger partial charge in [-0.25, -0.2) is 0 Å². The highest BCUT2D eigenvalue weighted by Gasteiger charge is 2.43. The summed E-state index contributed by atoms with van der Waals surface area (Å²) in [7, 11) is 0. The molecule has 0 aromatic heterocycles. The van der Waals surface area contributed by atoms with E-state index in [1.54, 1.807) is 0 Å². The van der Waals surface area contributed by atoms with Crippen LogP contribution >= 0.6 is 0 Å². The molecule has 0 bridgehead atoms. The van der Waals surface area contributed by atoms with Gasteiger partial charge in [-0.1, -0.05) is 34.6 Å². The Balaban J connectivity index is 2.06. The Bertz CT molecular complexity index is 345. The third-order valence-electron chi connectivity index (χ3n) is 6.45. The van der Waals surface area contributed by atoms with E-state index in [4.69, 9.17) is 14.2 Å². The predicted octanol–water partition coefficient (Wildman–Crippen LogP) is 4.10. The van der Waals surface area contributed by atoms with Crippen LogP contribution in [0.4, 0.5) is 0 Å². The second kappa shape index (κ2) is 6.55. The Morgan fingerprint density at radius 1 is 0.524 bits per heavy atom. The Morgan fingerprint density at radius 3 is 1.67 bits per heavy atom. The maximum Gasteiger partial charge on any atom is 0.161 e. The van der Waals surface area contributed by atoms with Crippen LogP contribution in [-0.2, 0) is 14.2 Å². The van der Waals surface area contributed by atoms with Crippen LogP contribution in [0.25, 0.3) is 0 Å². The summed E-state index contributed by atoms with van der Waals surface area (Å²) >= 11 is 0. The fourth-order valence-corrected chi connectivity index (χ4v) is 3.85. The lowest BCUT2D eigenvalue weighted by molar-refractivity contribution is -0.294. The molecule has 4 unspecified atom stereocenters. The van der Waals surface area contributed by atoms with E-state index in [0.717, 1.165) is 0 Å². The van der Waals surface area contributed by atoms with Crippen LogP contribution in [0.15, 0.2) is 0 Å². The minimum atomic E-state index is -0.106. The summed E-state index contributed by atoms with van der Waals surface area (Å²) in [4.78, 5) is 0. The maximum absolute atomic E-state index is 6.43. The van der Waals surface area contributed by atoms with Gasteiger partial charge in [-0.3, -0.25) is 0 Å². The molecule has 0 amide bonds. The van der Waals surface area contributed by atoms with Gasteiger partial charge in [-0.05, 0) is 44.4 Å². The van der Waals surface area contributed by atoms with Gasteiger partial charge in [-0.15, -0.1) is 0 Å². The van der Waals surface area contributed by atoms with Crippen molar-refractivity contribution in [3.8, 4) is 0 Å². The molecule has 0 N–H and O–H groups in total. The summed E-state index contributed by atoms with van der Waals surface area (Å²) < 4.78 is 18.6. The Morgan fingerprint density at radius 2 is 1.05 bits per heavy atom. The summed E-state index contributed by atoms with van der Waals surface area (Å²) in [6, 6.07) is 0. The highest BCUT2D eigenvalue weighted by Crippen LogP contribution is 2.39. The molecule has 3 heteroatoms.